The van der Waals surface area contributed by atoms with Gasteiger partial charge in [-0.2, -0.15) is 0 Å². The highest BCUT2D eigenvalue weighted by atomic mass is 35.5. The van der Waals surface area contributed by atoms with Gasteiger partial charge in [-0.05, 0) is 12.1 Å². The maximum atomic E-state index is 9.28. The minimum Gasteiger partial charge on any atom is -0.506 e. The number of aromatic nitrogens is 1. The summed E-state index contributed by atoms with van der Waals surface area (Å²) < 4.78 is 0. The smallest absolute Gasteiger partial charge is 0.142 e. The average molecular weight is 168 g/mol. The summed E-state index contributed by atoms with van der Waals surface area (Å²) >= 11 is 5.82. The van der Waals surface area contributed by atoms with E-state index < -0.39 is 0 Å². The van der Waals surface area contributed by atoms with Crippen LogP contribution in [0, 0.1) is 0 Å². The van der Waals surface area contributed by atoms with E-state index in [0.717, 1.165) is 5.52 Å². The van der Waals surface area contributed by atoms with E-state index in [1.54, 1.807) is 6.07 Å². The van der Waals surface area contributed by atoms with Crippen LogP contribution in [0.25, 0.3) is 10.9 Å². The maximum Gasteiger partial charge on any atom is 0.142 e. The van der Waals surface area contributed by atoms with Crippen LogP contribution in [0.15, 0.2) is 24.4 Å². The zero-order valence-corrected chi connectivity index (χ0v) is 6.39. The van der Waals surface area contributed by atoms with Crippen LogP contribution in [0.2, 0.25) is 5.02 Å². The third-order valence-corrected chi connectivity index (χ3v) is 1.95. The first-order valence-electron chi connectivity index (χ1n) is 3.23. The number of rotatable bonds is 0. The Labute approximate surface area is 68.4 Å². The summed E-state index contributed by atoms with van der Waals surface area (Å²) in [5, 5.41) is 10.5. The maximum absolute atomic E-state index is 9.28. The number of benzene rings is 1. The number of hydrogen-bond acceptors (Lipinski definition) is 1. The molecule has 2 aromatic rings. The van der Waals surface area contributed by atoms with Crippen LogP contribution >= 0.6 is 11.6 Å². The van der Waals surface area contributed by atoms with Crippen molar-refractivity contribution in [3.05, 3.63) is 29.4 Å². The van der Waals surface area contributed by atoms with E-state index >= 15 is 0 Å². The minimum absolute atomic E-state index is 0.200. The third kappa shape index (κ3) is 0.870. The first kappa shape index (κ1) is 6.55. The summed E-state index contributed by atoms with van der Waals surface area (Å²) in [5.74, 6) is 0.200. The largest absolute Gasteiger partial charge is 0.506 e. The number of aromatic amines is 1. The van der Waals surface area contributed by atoms with Crippen LogP contribution in [0.3, 0.4) is 0 Å². The molecule has 0 spiro atoms. The van der Waals surface area contributed by atoms with E-state index in [1.807, 2.05) is 12.1 Å². The van der Waals surface area contributed by atoms with Gasteiger partial charge in [-0.25, -0.2) is 0 Å². The van der Waals surface area contributed by atoms with Gasteiger partial charge in [0.2, 0.25) is 0 Å². The molecule has 1 aromatic heterocycles. The van der Waals surface area contributed by atoms with Crippen LogP contribution in [0.1, 0.15) is 0 Å². The standard InChI is InChI=1S/C8H6ClNO/c9-5-2-1-3-6-8(5)7(11)4-10-6/h1-4,10-11H. The van der Waals surface area contributed by atoms with Crippen LogP contribution in [-0.2, 0) is 0 Å². The van der Waals surface area contributed by atoms with Crippen molar-refractivity contribution in [3.63, 3.8) is 0 Å². The quantitative estimate of drug-likeness (QED) is 0.622. The highest BCUT2D eigenvalue weighted by Gasteiger charge is 2.03. The SMILES string of the molecule is Oc1c[nH]c2cccc(Cl)c12. The number of aromatic hydroxyl groups is 1. The lowest BCUT2D eigenvalue weighted by Crippen LogP contribution is -1.67. The van der Waals surface area contributed by atoms with Crippen molar-refractivity contribution in [1.82, 2.24) is 4.98 Å². The van der Waals surface area contributed by atoms with E-state index in [0.29, 0.717) is 10.4 Å². The van der Waals surface area contributed by atoms with Gasteiger partial charge in [0, 0.05) is 6.20 Å². The Morgan fingerprint density at radius 2 is 2.18 bits per heavy atom. The van der Waals surface area contributed by atoms with E-state index in [-0.39, 0.29) is 5.75 Å². The monoisotopic (exact) mass is 167 g/mol. The Hall–Kier alpha value is -1.15. The van der Waals surface area contributed by atoms with Crippen molar-refractivity contribution in [3.8, 4) is 5.75 Å². The summed E-state index contributed by atoms with van der Waals surface area (Å²) in [5.41, 5.74) is 0.856. The van der Waals surface area contributed by atoms with Crippen molar-refractivity contribution in [2.45, 2.75) is 0 Å². The first-order valence-corrected chi connectivity index (χ1v) is 3.61. The van der Waals surface area contributed by atoms with Crippen molar-refractivity contribution >= 4 is 22.5 Å². The van der Waals surface area contributed by atoms with E-state index in [1.165, 1.54) is 6.20 Å². The second kappa shape index (κ2) is 2.17. The Morgan fingerprint density at radius 1 is 1.36 bits per heavy atom. The highest BCUT2D eigenvalue weighted by Crippen LogP contribution is 2.30. The molecule has 0 atom stereocenters. The summed E-state index contributed by atoms with van der Waals surface area (Å²) in [4.78, 5) is 2.89. The number of fused-ring (bicyclic) bond motifs is 1. The Balaban J connectivity index is 2.96. The molecule has 56 valence electrons. The van der Waals surface area contributed by atoms with Gasteiger partial charge in [0.15, 0.2) is 0 Å². The van der Waals surface area contributed by atoms with Gasteiger partial charge in [0.25, 0.3) is 0 Å². The summed E-state index contributed by atoms with van der Waals surface area (Å²) in [7, 11) is 0. The van der Waals surface area contributed by atoms with Gasteiger partial charge in [-0.3, -0.25) is 0 Å². The molecular weight excluding hydrogens is 162 g/mol. The van der Waals surface area contributed by atoms with Crippen LogP contribution in [-0.4, -0.2) is 10.1 Å². The third-order valence-electron chi connectivity index (χ3n) is 1.63. The van der Waals surface area contributed by atoms with Crippen molar-refractivity contribution < 1.29 is 5.11 Å². The lowest BCUT2D eigenvalue weighted by Gasteiger charge is -1.92. The normalized spacial score (nSPS) is 10.6. The van der Waals surface area contributed by atoms with Gasteiger partial charge >= 0.3 is 0 Å². The number of H-pyrrole nitrogens is 1. The molecule has 2 rings (SSSR count). The summed E-state index contributed by atoms with van der Waals surface area (Å²) in [6, 6.07) is 5.44. The predicted molar refractivity (Wildman–Crippen MR) is 45.0 cm³/mol. The second-order valence-corrected chi connectivity index (χ2v) is 2.74. The molecule has 0 saturated carbocycles. The topological polar surface area (TPSA) is 36.0 Å². The molecule has 11 heavy (non-hydrogen) atoms. The fraction of sp³-hybridized carbons (Fsp3) is 0. The van der Waals surface area contributed by atoms with Crippen LogP contribution < -0.4 is 0 Å². The van der Waals surface area contributed by atoms with Gasteiger partial charge in [0.05, 0.1) is 15.9 Å². The summed E-state index contributed by atoms with van der Waals surface area (Å²) in [6.45, 7) is 0. The zero-order valence-electron chi connectivity index (χ0n) is 5.63. The van der Waals surface area contributed by atoms with Gasteiger partial charge in [-0.1, -0.05) is 17.7 Å². The zero-order chi connectivity index (χ0) is 7.84. The molecule has 1 aromatic carbocycles. The molecule has 2 N–H and O–H groups in total. The molecule has 0 saturated heterocycles. The lowest BCUT2D eigenvalue weighted by molar-refractivity contribution is 0.481. The number of hydrogen-bond donors (Lipinski definition) is 2. The predicted octanol–water partition coefficient (Wildman–Crippen LogP) is 2.53. The van der Waals surface area contributed by atoms with Crippen LogP contribution in [0.5, 0.6) is 5.75 Å². The number of halogens is 1. The minimum atomic E-state index is 0.200. The van der Waals surface area contributed by atoms with E-state index in [4.69, 9.17) is 11.6 Å². The lowest BCUT2D eigenvalue weighted by atomic mass is 10.2. The van der Waals surface area contributed by atoms with Crippen molar-refractivity contribution in [2.24, 2.45) is 0 Å². The van der Waals surface area contributed by atoms with Crippen LogP contribution in [0.4, 0.5) is 0 Å². The average Bonchev–Trinajstić information content (AvgIpc) is 2.34. The Kier molecular flexibility index (Phi) is 1.29. The van der Waals surface area contributed by atoms with Gasteiger partial charge < -0.3 is 10.1 Å². The van der Waals surface area contributed by atoms with Gasteiger partial charge in [0.1, 0.15) is 5.75 Å². The highest BCUT2D eigenvalue weighted by molar-refractivity contribution is 6.36. The van der Waals surface area contributed by atoms with E-state index in [9.17, 15) is 5.11 Å². The molecule has 0 aliphatic heterocycles. The van der Waals surface area contributed by atoms with Crippen molar-refractivity contribution in [2.75, 3.05) is 0 Å². The Bertz CT molecular complexity index is 394. The molecule has 0 bridgehead atoms. The molecule has 1 heterocycles. The molecular formula is C8H6ClNO. The summed E-state index contributed by atoms with van der Waals surface area (Å²) in [6.07, 6.45) is 1.52. The van der Waals surface area contributed by atoms with Gasteiger partial charge in [-0.15, -0.1) is 0 Å². The molecule has 0 aliphatic carbocycles. The van der Waals surface area contributed by atoms with E-state index in [2.05, 4.69) is 4.98 Å². The Morgan fingerprint density at radius 3 is 2.91 bits per heavy atom. The molecule has 2 nitrogen and oxygen atoms in total. The van der Waals surface area contributed by atoms with Crippen molar-refractivity contribution in [1.29, 1.82) is 0 Å². The molecule has 0 aliphatic rings. The molecule has 0 unspecified atom stereocenters. The molecule has 0 amide bonds. The molecule has 0 radical (unpaired) electrons. The molecule has 3 heteroatoms. The first-order chi connectivity index (χ1) is 5.29. The fourth-order valence-corrected chi connectivity index (χ4v) is 1.39. The molecule has 0 fully saturated rings. The fourth-order valence-electron chi connectivity index (χ4n) is 1.12. The second-order valence-electron chi connectivity index (χ2n) is 2.34. The number of nitrogens with one attached hydrogen (secondary N) is 1.